The van der Waals surface area contributed by atoms with Crippen molar-refractivity contribution in [2.75, 3.05) is 30.4 Å². The number of aromatic nitrogens is 3. The average molecular weight is 693 g/mol. The lowest BCUT2D eigenvalue weighted by Gasteiger charge is -2.27. The molecule has 3 atom stereocenters. The first-order chi connectivity index (χ1) is 22.1. The predicted octanol–water partition coefficient (Wildman–Crippen LogP) is 4.99. The zero-order valence-electron chi connectivity index (χ0n) is 26.0. The molecule has 1 saturated carbocycles. The van der Waals surface area contributed by atoms with Gasteiger partial charge in [0.2, 0.25) is 11.8 Å². The van der Waals surface area contributed by atoms with Gasteiger partial charge in [-0.3, -0.25) is 19.1 Å². The molecule has 0 spiro atoms. The van der Waals surface area contributed by atoms with Gasteiger partial charge in [-0.15, -0.1) is 13.2 Å². The predicted molar refractivity (Wildman–Crippen MR) is 179 cm³/mol. The fourth-order valence-corrected chi connectivity index (χ4v) is 6.37. The Hall–Kier alpha value is -4.36. The van der Waals surface area contributed by atoms with Gasteiger partial charge in [0.05, 0.1) is 18.7 Å². The van der Waals surface area contributed by atoms with E-state index in [-0.39, 0.29) is 47.3 Å². The minimum Gasteiger partial charge on any atom is -0.377 e. The summed E-state index contributed by atoms with van der Waals surface area (Å²) in [5.74, 6) is -0.492. The van der Waals surface area contributed by atoms with Gasteiger partial charge in [-0.2, -0.15) is 5.10 Å². The summed E-state index contributed by atoms with van der Waals surface area (Å²) in [6, 6.07) is 7.40. The van der Waals surface area contributed by atoms with Crippen molar-refractivity contribution in [3.8, 4) is 0 Å². The number of nitrogens with zero attached hydrogens (tertiary/aromatic N) is 4. The third kappa shape index (κ3) is 7.05. The lowest BCUT2D eigenvalue weighted by Crippen LogP contribution is -2.47. The number of allylic oxidation sites excluding steroid dienone is 1. The quantitative estimate of drug-likeness (QED) is 0.0934. The van der Waals surface area contributed by atoms with Crippen molar-refractivity contribution in [1.29, 1.82) is 0 Å². The molecule has 242 valence electrons. The number of hydrogen-bond acceptors (Lipinski definition) is 7. The number of benzene rings is 1. The van der Waals surface area contributed by atoms with Crippen LogP contribution in [0.5, 0.6) is 0 Å². The molecule has 0 bridgehead atoms. The maximum absolute atomic E-state index is 14.1. The molecule has 3 N–H and O–H groups in total. The minimum absolute atomic E-state index is 0.187. The first kappa shape index (κ1) is 33.0. The molecule has 4 amide bonds. The van der Waals surface area contributed by atoms with Crippen LogP contribution in [0.25, 0.3) is 10.9 Å². The molecule has 2 aromatic heterocycles. The summed E-state index contributed by atoms with van der Waals surface area (Å²) in [6.07, 6.45) is 6.17. The van der Waals surface area contributed by atoms with E-state index in [0.29, 0.717) is 59.6 Å². The number of ketones is 1. The van der Waals surface area contributed by atoms with Gasteiger partial charge in [0.1, 0.15) is 28.7 Å². The van der Waals surface area contributed by atoms with Crippen molar-refractivity contribution >= 4 is 62.0 Å². The number of halogens is 1. The zero-order chi connectivity index (χ0) is 33.0. The Balaban J connectivity index is 1.40. The average Bonchev–Trinajstić information content (AvgIpc) is 3.43. The van der Waals surface area contributed by atoms with E-state index in [0.717, 1.165) is 18.4 Å². The molecule has 0 unspecified atom stereocenters. The minimum atomic E-state index is -0.755. The summed E-state index contributed by atoms with van der Waals surface area (Å²) >= 11 is 3.35. The lowest BCUT2D eigenvalue weighted by molar-refractivity contribution is -0.138. The zero-order valence-corrected chi connectivity index (χ0v) is 27.6. The van der Waals surface area contributed by atoms with Crippen LogP contribution in [0.15, 0.2) is 60.2 Å². The molecular weight excluding hydrogens is 654 g/mol. The topological polar surface area (TPSA) is 148 Å². The van der Waals surface area contributed by atoms with Crippen LogP contribution in [-0.4, -0.2) is 75.1 Å². The molecule has 2 aliphatic rings. The van der Waals surface area contributed by atoms with Gasteiger partial charge in [-0.05, 0) is 78.4 Å². The molecule has 12 nitrogen and oxygen atoms in total. The van der Waals surface area contributed by atoms with Gasteiger partial charge in [0.25, 0.3) is 0 Å². The van der Waals surface area contributed by atoms with Gasteiger partial charge < -0.3 is 25.6 Å². The van der Waals surface area contributed by atoms with Crippen molar-refractivity contribution in [3.63, 3.8) is 0 Å². The first-order valence-electron chi connectivity index (χ1n) is 15.2. The number of urea groups is 1. The SMILES string of the molecule is C=CCCCNC(=O)Nc1ccc2c(C(C)=O)nn(CC(=O)N3[C@H](C(=O)Nc4nc(Br)ccc4C)C[C@@]4(COCC=C)C[C@@H]34)c2c1. The number of pyridine rings is 1. The molecule has 5 rings (SSSR count). The monoisotopic (exact) mass is 691 g/mol. The second kappa shape index (κ2) is 14.0. The number of hydrogen-bond donors (Lipinski definition) is 3. The van der Waals surface area contributed by atoms with Crippen molar-refractivity contribution in [3.05, 3.63) is 71.5 Å². The number of piperidine rings is 1. The first-order valence-corrected chi connectivity index (χ1v) is 16.0. The van der Waals surface area contributed by atoms with E-state index in [1.807, 2.05) is 13.0 Å². The smallest absolute Gasteiger partial charge is 0.319 e. The number of anilines is 2. The number of nitrogens with one attached hydrogen (secondary N) is 3. The number of aryl methyl sites for hydroxylation is 1. The normalized spacial score (nSPS) is 19.8. The van der Waals surface area contributed by atoms with Crippen molar-refractivity contribution < 1.29 is 23.9 Å². The number of rotatable bonds is 14. The highest BCUT2D eigenvalue weighted by atomic mass is 79.9. The number of unbranched alkanes of at least 4 members (excludes halogenated alkanes) is 1. The molecule has 3 heterocycles. The number of amides is 4. The number of ether oxygens (including phenoxy) is 1. The van der Waals surface area contributed by atoms with Crippen molar-refractivity contribution in [2.45, 2.75) is 58.2 Å². The van der Waals surface area contributed by atoms with E-state index in [1.54, 1.807) is 41.3 Å². The molecule has 46 heavy (non-hydrogen) atoms. The third-order valence-corrected chi connectivity index (χ3v) is 8.88. The van der Waals surface area contributed by atoms with Crippen LogP contribution < -0.4 is 16.0 Å². The van der Waals surface area contributed by atoms with Crippen molar-refractivity contribution in [2.24, 2.45) is 5.41 Å². The molecular formula is C33H38BrN7O5. The Morgan fingerprint density at radius 2 is 1.93 bits per heavy atom. The number of fused-ring (bicyclic) bond motifs is 2. The van der Waals surface area contributed by atoms with Gasteiger partial charge in [-0.25, -0.2) is 9.78 Å². The maximum Gasteiger partial charge on any atom is 0.319 e. The molecule has 2 fully saturated rings. The molecule has 13 heteroatoms. The van der Waals surface area contributed by atoms with E-state index in [4.69, 9.17) is 4.74 Å². The standard InChI is InChI=1S/C33H38BrN7O5/c1-5-7-8-13-35-32(45)36-22-10-11-23-24(15-22)40(39-29(23)21(4)42)18-28(43)41-25(16-33(17-26(33)41)19-46-14-6-2)31(44)38-30-20(3)9-12-27(34)37-30/h5-6,9-12,15,25-26H,1-2,7-8,13-14,16-19H2,3-4H3,(H2,35,36,45)(H,37,38,44)/t25-,26+,33-/m0/s1. The van der Waals surface area contributed by atoms with Gasteiger partial charge >= 0.3 is 6.03 Å². The second-order valence-corrected chi connectivity index (χ2v) is 12.6. The Morgan fingerprint density at radius 3 is 2.67 bits per heavy atom. The Bertz CT molecular complexity index is 1700. The summed E-state index contributed by atoms with van der Waals surface area (Å²) in [6.45, 7) is 11.7. The lowest BCUT2D eigenvalue weighted by atomic mass is 10.00. The van der Waals surface area contributed by atoms with Gasteiger partial charge in [0, 0.05) is 36.0 Å². The summed E-state index contributed by atoms with van der Waals surface area (Å²) < 4.78 is 7.85. The Labute approximate surface area is 275 Å². The van der Waals surface area contributed by atoms with E-state index in [9.17, 15) is 19.2 Å². The molecule has 1 aliphatic heterocycles. The van der Waals surface area contributed by atoms with Gasteiger partial charge in [0.15, 0.2) is 5.78 Å². The molecule has 1 saturated heterocycles. The second-order valence-electron chi connectivity index (χ2n) is 11.8. The van der Waals surface area contributed by atoms with E-state index < -0.39 is 6.04 Å². The molecule has 1 aromatic carbocycles. The largest absolute Gasteiger partial charge is 0.377 e. The fraction of sp³-hybridized carbons (Fsp3) is 0.394. The molecule has 3 aromatic rings. The summed E-state index contributed by atoms with van der Waals surface area (Å²) in [4.78, 5) is 58.8. The summed E-state index contributed by atoms with van der Waals surface area (Å²) in [5, 5.41) is 13.6. The van der Waals surface area contributed by atoms with Crippen LogP contribution in [-0.2, 0) is 20.9 Å². The Kier molecular flexibility index (Phi) is 10.0. The van der Waals surface area contributed by atoms with Crippen LogP contribution in [0.1, 0.15) is 48.7 Å². The highest BCUT2D eigenvalue weighted by Crippen LogP contribution is 2.60. The fourth-order valence-electron chi connectivity index (χ4n) is 6.06. The van der Waals surface area contributed by atoms with Crippen LogP contribution in [0.4, 0.5) is 16.3 Å². The highest BCUT2D eigenvalue weighted by Gasteiger charge is 2.67. The highest BCUT2D eigenvalue weighted by molar-refractivity contribution is 9.10. The van der Waals surface area contributed by atoms with Crippen LogP contribution in [0.3, 0.4) is 0 Å². The van der Waals surface area contributed by atoms with Crippen molar-refractivity contribution in [1.82, 2.24) is 25.0 Å². The molecule has 0 radical (unpaired) electrons. The third-order valence-electron chi connectivity index (χ3n) is 8.44. The van der Waals surface area contributed by atoms with Crippen LogP contribution in [0.2, 0.25) is 0 Å². The summed E-state index contributed by atoms with van der Waals surface area (Å²) in [5.41, 5.74) is 1.65. The van der Waals surface area contributed by atoms with Crippen LogP contribution >= 0.6 is 15.9 Å². The van der Waals surface area contributed by atoms with Gasteiger partial charge in [-0.1, -0.05) is 18.2 Å². The van der Waals surface area contributed by atoms with E-state index in [1.165, 1.54) is 11.6 Å². The van der Waals surface area contributed by atoms with E-state index >= 15 is 0 Å². The number of carbonyl (C=O) groups excluding carboxylic acids is 4. The van der Waals surface area contributed by atoms with Crippen LogP contribution in [0, 0.1) is 12.3 Å². The number of carbonyl (C=O) groups is 4. The maximum atomic E-state index is 14.1. The summed E-state index contributed by atoms with van der Waals surface area (Å²) in [7, 11) is 0. The molecule has 1 aliphatic carbocycles. The van der Waals surface area contributed by atoms with E-state index in [2.05, 4.69) is 55.1 Å². The Morgan fingerprint density at radius 1 is 1.13 bits per heavy atom. The number of Topliss-reactive ketones (excluding diaryl/α,β-unsaturated/α-hetero) is 1. The number of likely N-dealkylation sites (tertiary alicyclic amines) is 1.